The number of benzene rings is 1. The van der Waals surface area contributed by atoms with Crippen LogP contribution in [0.4, 0.5) is 8.78 Å². The van der Waals surface area contributed by atoms with Crippen LogP contribution in [0, 0.1) is 41.2 Å². The van der Waals surface area contributed by atoms with Gasteiger partial charge in [-0.05, 0) is 24.6 Å². The summed E-state index contributed by atoms with van der Waals surface area (Å²) in [5, 5.41) is 21.2. The highest BCUT2D eigenvalue weighted by molar-refractivity contribution is 7.09. The van der Waals surface area contributed by atoms with E-state index in [1.165, 1.54) is 11.3 Å². The molecule has 0 atom stereocenters. The molecule has 2 rings (SSSR count). The van der Waals surface area contributed by atoms with Gasteiger partial charge < -0.3 is 0 Å². The number of nitriles is 2. The highest BCUT2D eigenvalue weighted by Crippen LogP contribution is 2.29. The zero-order valence-corrected chi connectivity index (χ0v) is 11.3. The zero-order valence-electron chi connectivity index (χ0n) is 10.5. The molecule has 1 aromatic heterocycles. The number of halogens is 2. The summed E-state index contributed by atoms with van der Waals surface area (Å²) in [6.07, 6.45) is -0.00671. The topological polar surface area (TPSA) is 60.5 Å². The van der Waals surface area contributed by atoms with Gasteiger partial charge in [-0.15, -0.1) is 11.3 Å². The molecule has 0 radical (unpaired) electrons. The Morgan fingerprint density at radius 2 is 1.80 bits per heavy atom. The quantitative estimate of drug-likeness (QED) is 0.871. The van der Waals surface area contributed by atoms with E-state index in [1.807, 2.05) is 12.1 Å². The van der Waals surface area contributed by atoms with Crippen molar-refractivity contribution in [3.8, 4) is 12.1 Å². The van der Waals surface area contributed by atoms with Crippen molar-refractivity contribution in [1.29, 1.82) is 10.5 Å². The maximum Gasteiger partial charge on any atom is 0.174 e. The molecule has 2 aromatic rings. The number of hydrogen-bond acceptors (Lipinski definition) is 4. The third-order valence-corrected chi connectivity index (χ3v) is 3.67. The number of rotatable bonds is 3. The van der Waals surface area contributed by atoms with Crippen LogP contribution in [-0.2, 0) is 11.8 Å². The lowest BCUT2D eigenvalue weighted by Crippen LogP contribution is -2.25. The molecular formula is C14H9F2N3S. The maximum atomic E-state index is 13.3. The molecule has 0 aliphatic rings. The van der Waals surface area contributed by atoms with Crippen molar-refractivity contribution >= 4 is 11.3 Å². The van der Waals surface area contributed by atoms with E-state index in [0.29, 0.717) is 11.8 Å². The minimum atomic E-state index is -1.65. The van der Waals surface area contributed by atoms with Gasteiger partial charge in [-0.2, -0.15) is 10.5 Å². The summed E-state index contributed by atoms with van der Waals surface area (Å²) in [4.78, 5) is 4.19. The monoisotopic (exact) mass is 289 g/mol. The number of thiazole rings is 1. The Bertz CT molecular complexity index is 691. The third-order valence-electron chi connectivity index (χ3n) is 2.85. The molecule has 0 N–H and O–H groups in total. The normalized spacial score (nSPS) is 10.8. The summed E-state index contributed by atoms with van der Waals surface area (Å²) in [5.41, 5.74) is -1.09. The molecule has 0 aliphatic carbocycles. The van der Waals surface area contributed by atoms with Crippen molar-refractivity contribution < 1.29 is 8.78 Å². The molecule has 100 valence electrons. The Kier molecular flexibility index (Phi) is 3.78. The molecule has 0 bridgehead atoms. The number of nitrogens with zero attached hydrogens (tertiary/aromatic N) is 3. The Hall–Kier alpha value is -2.31. The average molecular weight is 289 g/mol. The number of aryl methyl sites for hydroxylation is 1. The van der Waals surface area contributed by atoms with Crippen LogP contribution >= 0.6 is 11.3 Å². The van der Waals surface area contributed by atoms with E-state index >= 15 is 0 Å². The first-order valence-corrected chi connectivity index (χ1v) is 6.57. The molecule has 0 fully saturated rings. The van der Waals surface area contributed by atoms with Crippen LogP contribution in [0.25, 0.3) is 0 Å². The van der Waals surface area contributed by atoms with Crippen LogP contribution in [0.5, 0.6) is 0 Å². The highest BCUT2D eigenvalue weighted by Gasteiger charge is 2.34. The molecule has 0 amide bonds. The van der Waals surface area contributed by atoms with Crippen molar-refractivity contribution in [1.82, 2.24) is 4.98 Å². The molecule has 0 saturated carbocycles. The van der Waals surface area contributed by atoms with E-state index in [2.05, 4.69) is 4.98 Å². The lowest BCUT2D eigenvalue weighted by molar-refractivity contribution is 0.569. The van der Waals surface area contributed by atoms with Crippen molar-refractivity contribution in [2.75, 3.05) is 0 Å². The van der Waals surface area contributed by atoms with Gasteiger partial charge in [-0.1, -0.05) is 0 Å². The first kappa shape index (κ1) is 14.1. The van der Waals surface area contributed by atoms with Gasteiger partial charge in [0.05, 0.1) is 22.8 Å². The predicted molar refractivity (Wildman–Crippen MR) is 69.8 cm³/mol. The van der Waals surface area contributed by atoms with Gasteiger partial charge in [0.15, 0.2) is 5.41 Å². The van der Waals surface area contributed by atoms with E-state index < -0.39 is 17.0 Å². The second kappa shape index (κ2) is 5.36. The number of aromatic nitrogens is 1. The van der Waals surface area contributed by atoms with Crippen LogP contribution in [0.1, 0.15) is 16.3 Å². The van der Waals surface area contributed by atoms with Crippen LogP contribution in [0.3, 0.4) is 0 Å². The standard InChI is InChI=1S/C14H9F2N3S/c1-9-19-13(6-20-9)5-14(7-17,8-18)10-2-11(15)4-12(16)3-10/h2-4,6H,5H2,1H3. The van der Waals surface area contributed by atoms with Crippen LogP contribution < -0.4 is 0 Å². The lowest BCUT2D eigenvalue weighted by atomic mass is 9.79. The Morgan fingerprint density at radius 3 is 2.25 bits per heavy atom. The summed E-state index contributed by atoms with van der Waals surface area (Å²) < 4.78 is 26.6. The van der Waals surface area contributed by atoms with Gasteiger partial charge >= 0.3 is 0 Å². The molecule has 3 nitrogen and oxygen atoms in total. The fourth-order valence-corrected chi connectivity index (χ4v) is 2.51. The SMILES string of the molecule is Cc1nc(CC(C#N)(C#N)c2cc(F)cc(F)c2)cs1. The van der Waals surface area contributed by atoms with Crippen molar-refractivity contribution in [3.05, 3.63) is 51.5 Å². The first-order valence-electron chi connectivity index (χ1n) is 5.69. The maximum absolute atomic E-state index is 13.3. The van der Waals surface area contributed by atoms with Crippen molar-refractivity contribution in [3.63, 3.8) is 0 Å². The fraction of sp³-hybridized carbons (Fsp3) is 0.214. The van der Waals surface area contributed by atoms with Gasteiger partial charge in [0.25, 0.3) is 0 Å². The Morgan fingerprint density at radius 1 is 1.20 bits per heavy atom. The summed E-state index contributed by atoms with van der Waals surface area (Å²) in [6.45, 7) is 1.80. The minimum Gasteiger partial charge on any atom is -0.246 e. The molecule has 0 aliphatic heterocycles. The van der Waals surface area contributed by atoms with E-state index in [1.54, 1.807) is 12.3 Å². The molecule has 1 aromatic carbocycles. The van der Waals surface area contributed by atoms with Crippen molar-refractivity contribution in [2.45, 2.75) is 18.8 Å². The molecule has 0 saturated heterocycles. The Labute approximate surface area is 118 Å². The highest BCUT2D eigenvalue weighted by atomic mass is 32.1. The molecule has 20 heavy (non-hydrogen) atoms. The molecule has 0 unspecified atom stereocenters. The molecule has 0 spiro atoms. The van der Waals surface area contributed by atoms with Crippen LogP contribution in [0.2, 0.25) is 0 Å². The second-order valence-electron chi connectivity index (χ2n) is 4.32. The summed E-state index contributed by atoms with van der Waals surface area (Å²) in [6, 6.07) is 6.45. The largest absolute Gasteiger partial charge is 0.246 e. The minimum absolute atomic E-state index is 0.00523. The summed E-state index contributed by atoms with van der Waals surface area (Å²) in [7, 11) is 0. The van der Waals surface area contributed by atoms with Gasteiger partial charge in [-0.3, -0.25) is 0 Å². The fourth-order valence-electron chi connectivity index (χ4n) is 1.90. The van der Waals surface area contributed by atoms with Crippen LogP contribution in [0.15, 0.2) is 23.6 Å². The van der Waals surface area contributed by atoms with E-state index in [0.717, 1.165) is 17.1 Å². The van der Waals surface area contributed by atoms with E-state index in [-0.39, 0.29) is 12.0 Å². The molecule has 1 heterocycles. The second-order valence-corrected chi connectivity index (χ2v) is 5.38. The summed E-state index contributed by atoms with van der Waals surface area (Å²) in [5.74, 6) is -1.63. The number of hydrogen-bond donors (Lipinski definition) is 0. The first-order chi connectivity index (χ1) is 9.49. The Balaban J connectivity index is 2.49. The summed E-state index contributed by atoms with van der Waals surface area (Å²) >= 11 is 1.39. The van der Waals surface area contributed by atoms with Gasteiger partial charge in [0.1, 0.15) is 11.6 Å². The smallest absolute Gasteiger partial charge is 0.174 e. The molecular weight excluding hydrogens is 280 g/mol. The van der Waals surface area contributed by atoms with Gasteiger partial charge in [0, 0.05) is 17.9 Å². The van der Waals surface area contributed by atoms with E-state index in [9.17, 15) is 19.3 Å². The average Bonchev–Trinajstić information content (AvgIpc) is 2.80. The third kappa shape index (κ3) is 2.66. The zero-order chi connectivity index (χ0) is 14.8. The predicted octanol–water partition coefficient (Wildman–Crippen LogP) is 3.26. The van der Waals surface area contributed by atoms with Gasteiger partial charge in [-0.25, -0.2) is 13.8 Å². The van der Waals surface area contributed by atoms with Crippen LogP contribution in [-0.4, -0.2) is 4.98 Å². The van der Waals surface area contributed by atoms with E-state index in [4.69, 9.17) is 0 Å². The van der Waals surface area contributed by atoms with Crippen molar-refractivity contribution in [2.24, 2.45) is 0 Å². The lowest BCUT2D eigenvalue weighted by Gasteiger charge is -2.18. The van der Waals surface area contributed by atoms with Gasteiger partial charge in [0.2, 0.25) is 0 Å². The molecule has 6 heteroatoms.